The lowest BCUT2D eigenvalue weighted by Crippen LogP contribution is -2.42. The van der Waals surface area contributed by atoms with Gasteiger partial charge in [-0.1, -0.05) is 49.4 Å². The van der Waals surface area contributed by atoms with Crippen LogP contribution in [0.4, 0.5) is 10.5 Å². The lowest BCUT2D eigenvalue weighted by molar-refractivity contribution is -0.384. The summed E-state index contributed by atoms with van der Waals surface area (Å²) in [7, 11) is 0. The molecule has 37 heavy (non-hydrogen) atoms. The number of ketones is 1. The van der Waals surface area contributed by atoms with Crippen LogP contribution in [0.15, 0.2) is 60.0 Å². The van der Waals surface area contributed by atoms with Crippen molar-refractivity contribution >= 4 is 28.9 Å². The van der Waals surface area contributed by atoms with Gasteiger partial charge in [0.1, 0.15) is 18.2 Å². The summed E-state index contributed by atoms with van der Waals surface area (Å²) in [6.07, 6.45) is -0.0450. The van der Waals surface area contributed by atoms with Crippen LogP contribution in [0.2, 0.25) is 0 Å². The molecule has 1 atom stereocenters. The minimum atomic E-state index is -0.763. The maximum absolute atomic E-state index is 12.9. The normalized spacial score (nSPS) is 11.6. The Morgan fingerprint density at radius 3 is 2.76 bits per heavy atom. The topological polar surface area (TPSA) is 155 Å². The zero-order valence-electron chi connectivity index (χ0n) is 19.8. The smallest absolute Gasteiger partial charge is 0.408 e. The van der Waals surface area contributed by atoms with E-state index >= 15 is 0 Å². The van der Waals surface area contributed by atoms with Gasteiger partial charge in [0.25, 0.3) is 5.69 Å². The number of nitro groups is 1. The number of amides is 1. The summed E-state index contributed by atoms with van der Waals surface area (Å²) in [6, 6.07) is 14.7. The van der Waals surface area contributed by atoms with Crippen LogP contribution in [0, 0.1) is 10.1 Å². The number of hydrogen-bond acceptors (Lipinski definition) is 10. The molecular weight excluding hydrogens is 498 g/mol. The fourth-order valence-corrected chi connectivity index (χ4v) is 4.29. The van der Waals surface area contributed by atoms with Gasteiger partial charge in [-0.25, -0.2) is 14.5 Å². The molecule has 1 amide bonds. The van der Waals surface area contributed by atoms with Crippen molar-refractivity contribution in [2.75, 3.05) is 0 Å². The van der Waals surface area contributed by atoms with Gasteiger partial charge in [0.2, 0.25) is 0 Å². The van der Waals surface area contributed by atoms with E-state index in [1.165, 1.54) is 28.2 Å². The Hall–Kier alpha value is -4.52. The number of benzene rings is 2. The molecule has 0 spiro atoms. The largest absolute Gasteiger partial charge is 0.445 e. The molecule has 4 aromatic rings. The average Bonchev–Trinajstić information content (AvgIpc) is 3.56. The number of tetrazole rings is 1. The highest BCUT2D eigenvalue weighted by atomic mass is 32.1. The van der Waals surface area contributed by atoms with E-state index in [2.05, 4.69) is 25.8 Å². The number of carbonyl (C=O) groups is 2. The number of aromatic nitrogens is 5. The molecule has 0 aliphatic rings. The molecule has 1 N–H and O–H groups in total. The van der Waals surface area contributed by atoms with Crippen molar-refractivity contribution in [1.82, 2.24) is 30.5 Å². The fourth-order valence-electron chi connectivity index (χ4n) is 3.49. The van der Waals surface area contributed by atoms with Crippen molar-refractivity contribution < 1.29 is 19.2 Å². The third-order valence-corrected chi connectivity index (χ3v) is 6.28. The summed E-state index contributed by atoms with van der Waals surface area (Å²) in [5.41, 5.74) is 2.05. The molecule has 2 aromatic carbocycles. The van der Waals surface area contributed by atoms with Gasteiger partial charge < -0.3 is 10.1 Å². The predicted octanol–water partition coefficient (Wildman–Crippen LogP) is 3.57. The van der Waals surface area contributed by atoms with E-state index in [-0.39, 0.29) is 31.0 Å². The van der Waals surface area contributed by atoms with Crippen LogP contribution in [-0.4, -0.2) is 48.0 Å². The number of hydrogen-bond donors (Lipinski definition) is 1. The van der Waals surface area contributed by atoms with Gasteiger partial charge >= 0.3 is 6.09 Å². The number of alkyl carbamates (subject to hydrolysis) is 1. The summed E-state index contributed by atoms with van der Waals surface area (Å²) in [6.45, 7) is 1.75. The van der Waals surface area contributed by atoms with Crippen LogP contribution in [-0.2, 0) is 29.1 Å². The van der Waals surface area contributed by atoms with Crippen molar-refractivity contribution in [2.45, 2.75) is 39.0 Å². The molecule has 0 aliphatic heterocycles. The summed E-state index contributed by atoms with van der Waals surface area (Å²) < 4.78 is 6.59. The number of nitro benzene ring substituents is 1. The second-order valence-electron chi connectivity index (χ2n) is 8.00. The Labute approximate surface area is 215 Å². The van der Waals surface area contributed by atoms with E-state index < -0.39 is 17.1 Å². The molecule has 0 saturated heterocycles. The number of non-ortho nitro benzene ring substituents is 1. The quantitative estimate of drug-likeness (QED) is 0.230. The molecule has 0 saturated carbocycles. The second-order valence-corrected chi connectivity index (χ2v) is 8.94. The molecule has 13 heteroatoms. The van der Waals surface area contributed by atoms with E-state index in [0.717, 1.165) is 5.56 Å². The Balaban J connectivity index is 1.36. The van der Waals surface area contributed by atoms with E-state index in [9.17, 15) is 19.7 Å². The molecule has 12 nitrogen and oxygen atoms in total. The van der Waals surface area contributed by atoms with Gasteiger partial charge in [-0.15, -0.1) is 16.4 Å². The molecule has 0 radical (unpaired) electrons. The highest BCUT2D eigenvalue weighted by molar-refractivity contribution is 7.10. The third-order valence-electron chi connectivity index (χ3n) is 5.43. The van der Waals surface area contributed by atoms with Gasteiger partial charge in [-0.05, 0) is 22.4 Å². The Morgan fingerprint density at radius 1 is 1.19 bits per heavy atom. The number of carbonyl (C=O) groups excluding carboxylic acids is 2. The third kappa shape index (κ3) is 6.79. The Morgan fingerprint density at radius 2 is 2.00 bits per heavy atom. The Bertz CT molecular complexity index is 1390. The van der Waals surface area contributed by atoms with Crippen LogP contribution in [0.25, 0.3) is 11.3 Å². The van der Waals surface area contributed by atoms with Crippen LogP contribution in [0.1, 0.15) is 29.7 Å². The van der Waals surface area contributed by atoms with Crippen molar-refractivity contribution in [2.24, 2.45) is 0 Å². The first-order valence-electron chi connectivity index (χ1n) is 11.4. The number of ether oxygens (including phenoxy) is 1. The number of nitrogens with one attached hydrogen (secondary N) is 1. The average molecular weight is 522 g/mol. The first-order valence-corrected chi connectivity index (χ1v) is 12.2. The molecule has 0 aliphatic carbocycles. The highest BCUT2D eigenvalue weighted by Crippen LogP contribution is 2.26. The number of thiazole rings is 1. The summed E-state index contributed by atoms with van der Waals surface area (Å²) in [5, 5.41) is 27.7. The lowest BCUT2D eigenvalue weighted by Gasteiger charge is -2.16. The van der Waals surface area contributed by atoms with Gasteiger partial charge in [0.05, 0.1) is 23.1 Å². The van der Waals surface area contributed by atoms with E-state index in [0.29, 0.717) is 28.5 Å². The van der Waals surface area contributed by atoms with Gasteiger partial charge in [-0.2, -0.15) is 0 Å². The van der Waals surface area contributed by atoms with Crippen molar-refractivity contribution in [3.63, 3.8) is 0 Å². The SMILES string of the molecule is CCC(NC(=O)OCc1ccccc1)C(=O)Cn1nnnc1Cc1nc(-c2cccc([N+](=O)[O-])c2)cs1. The molecule has 4 rings (SSSR count). The number of Topliss-reactive ketones (excluding diaryl/α,β-unsaturated/α-hetero) is 1. The zero-order valence-corrected chi connectivity index (χ0v) is 20.6. The minimum Gasteiger partial charge on any atom is -0.445 e. The van der Waals surface area contributed by atoms with Crippen molar-refractivity contribution in [3.05, 3.63) is 86.5 Å². The minimum absolute atomic E-state index is 0.0162. The highest BCUT2D eigenvalue weighted by Gasteiger charge is 2.22. The molecule has 2 heterocycles. The van der Waals surface area contributed by atoms with Crippen LogP contribution < -0.4 is 5.32 Å². The molecule has 2 aromatic heterocycles. The van der Waals surface area contributed by atoms with Gasteiger partial charge in [0.15, 0.2) is 11.6 Å². The summed E-state index contributed by atoms with van der Waals surface area (Å²) >= 11 is 1.36. The lowest BCUT2D eigenvalue weighted by atomic mass is 10.1. The standard InChI is InChI=1S/C24H23N7O5S/c1-2-19(26-24(33)36-14-16-7-4-3-5-8-16)21(32)13-30-22(27-28-29-30)12-23-25-20(15-37-23)17-9-6-10-18(11-17)31(34)35/h3-11,15,19H,2,12-14H2,1H3,(H,26,33). The molecule has 0 fully saturated rings. The summed E-state index contributed by atoms with van der Waals surface area (Å²) in [4.78, 5) is 40.2. The van der Waals surface area contributed by atoms with Crippen LogP contribution >= 0.6 is 11.3 Å². The van der Waals surface area contributed by atoms with E-state index in [4.69, 9.17) is 4.74 Å². The van der Waals surface area contributed by atoms with Crippen LogP contribution in [0.5, 0.6) is 0 Å². The first kappa shape index (κ1) is 25.6. The summed E-state index contributed by atoms with van der Waals surface area (Å²) in [5.74, 6) is 0.152. The first-order chi connectivity index (χ1) is 17.9. The molecule has 1 unspecified atom stereocenters. The fraction of sp³-hybridized carbons (Fsp3) is 0.250. The Kier molecular flexibility index (Phi) is 8.26. The number of rotatable bonds is 11. The number of nitrogens with zero attached hydrogens (tertiary/aromatic N) is 6. The second kappa shape index (κ2) is 11.9. The zero-order chi connectivity index (χ0) is 26.2. The van der Waals surface area contributed by atoms with E-state index in [1.807, 2.05) is 30.3 Å². The maximum atomic E-state index is 12.9. The van der Waals surface area contributed by atoms with E-state index in [1.54, 1.807) is 24.4 Å². The van der Waals surface area contributed by atoms with Gasteiger partial charge in [0, 0.05) is 23.1 Å². The molecule has 190 valence electrons. The monoisotopic (exact) mass is 521 g/mol. The predicted molar refractivity (Wildman–Crippen MR) is 134 cm³/mol. The van der Waals surface area contributed by atoms with Gasteiger partial charge in [-0.3, -0.25) is 14.9 Å². The molecule has 0 bridgehead atoms. The maximum Gasteiger partial charge on any atom is 0.408 e. The molecular formula is C24H23N7O5S. The van der Waals surface area contributed by atoms with Crippen LogP contribution in [0.3, 0.4) is 0 Å². The van der Waals surface area contributed by atoms with Crippen molar-refractivity contribution in [1.29, 1.82) is 0 Å². The van der Waals surface area contributed by atoms with Crippen molar-refractivity contribution in [3.8, 4) is 11.3 Å².